The summed E-state index contributed by atoms with van der Waals surface area (Å²) in [4.78, 5) is 8.79. The summed E-state index contributed by atoms with van der Waals surface area (Å²) in [6.45, 7) is 4.05. The van der Waals surface area contributed by atoms with Gasteiger partial charge in [-0.1, -0.05) is 30.3 Å². The van der Waals surface area contributed by atoms with Crippen molar-refractivity contribution >= 4 is 5.82 Å². The van der Waals surface area contributed by atoms with Crippen LogP contribution in [0.25, 0.3) is 22.4 Å². The number of hydrogen-bond acceptors (Lipinski definition) is 5. The van der Waals surface area contributed by atoms with Gasteiger partial charge >= 0.3 is 0 Å². The van der Waals surface area contributed by atoms with Crippen LogP contribution in [0.15, 0.2) is 60.9 Å². The van der Waals surface area contributed by atoms with Crippen LogP contribution in [0.3, 0.4) is 0 Å². The van der Waals surface area contributed by atoms with E-state index in [1.54, 1.807) is 0 Å². The summed E-state index contributed by atoms with van der Waals surface area (Å²) in [6.07, 6.45) is 3.64. The first-order valence-electron chi connectivity index (χ1n) is 8.58. The Labute approximate surface area is 148 Å². The largest absolute Gasteiger partial charge is 0.353 e. The van der Waals surface area contributed by atoms with Gasteiger partial charge < -0.3 is 9.80 Å². The van der Waals surface area contributed by atoms with E-state index in [1.165, 1.54) is 0 Å². The standard InChI is InChI=1S/C20H21N5/c1-24-11-13-25(14-12-24)19-15-18(16-7-9-21-10-8-16)20(23-22-19)17-5-3-2-4-6-17/h2-10,15H,11-14H2,1H3. The lowest BCUT2D eigenvalue weighted by Crippen LogP contribution is -2.44. The molecule has 4 rings (SSSR count). The summed E-state index contributed by atoms with van der Waals surface area (Å²) in [5, 5.41) is 9.13. The minimum atomic E-state index is 0.907. The number of pyridine rings is 1. The van der Waals surface area contributed by atoms with Crippen molar-refractivity contribution in [2.45, 2.75) is 0 Å². The van der Waals surface area contributed by atoms with E-state index in [1.807, 2.05) is 42.7 Å². The van der Waals surface area contributed by atoms with Gasteiger partial charge in [0.05, 0.1) is 0 Å². The summed E-state index contributed by atoms with van der Waals surface area (Å²) in [7, 11) is 2.16. The Balaban J connectivity index is 1.78. The molecule has 0 aliphatic carbocycles. The summed E-state index contributed by atoms with van der Waals surface area (Å²) < 4.78 is 0. The first kappa shape index (κ1) is 15.7. The molecule has 5 nitrogen and oxygen atoms in total. The fraction of sp³-hybridized carbons (Fsp3) is 0.250. The van der Waals surface area contributed by atoms with E-state index in [0.29, 0.717) is 0 Å². The van der Waals surface area contributed by atoms with Crippen LogP contribution in [-0.4, -0.2) is 53.3 Å². The smallest absolute Gasteiger partial charge is 0.151 e. The van der Waals surface area contributed by atoms with Crippen LogP contribution in [-0.2, 0) is 0 Å². The van der Waals surface area contributed by atoms with Gasteiger partial charge in [0, 0.05) is 49.7 Å². The minimum absolute atomic E-state index is 0.907. The molecule has 126 valence electrons. The van der Waals surface area contributed by atoms with Crippen LogP contribution in [0.1, 0.15) is 0 Å². The molecule has 0 unspecified atom stereocenters. The molecule has 1 saturated heterocycles. The molecule has 2 aromatic heterocycles. The Morgan fingerprint density at radius 1 is 0.800 bits per heavy atom. The predicted molar refractivity (Wildman–Crippen MR) is 100 cm³/mol. The Bertz CT molecular complexity index is 827. The van der Waals surface area contributed by atoms with E-state index < -0.39 is 0 Å². The second kappa shape index (κ2) is 6.99. The van der Waals surface area contributed by atoms with Crippen molar-refractivity contribution in [3.8, 4) is 22.4 Å². The van der Waals surface area contributed by atoms with Gasteiger partial charge in [-0.3, -0.25) is 4.98 Å². The van der Waals surface area contributed by atoms with Crippen molar-refractivity contribution in [2.75, 3.05) is 38.1 Å². The van der Waals surface area contributed by atoms with Crippen LogP contribution in [0, 0.1) is 0 Å². The van der Waals surface area contributed by atoms with Gasteiger partial charge in [0.1, 0.15) is 5.69 Å². The first-order valence-corrected chi connectivity index (χ1v) is 8.58. The molecule has 1 fully saturated rings. The van der Waals surface area contributed by atoms with Gasteiger partial charge in [-0.25, -0.2) is 0 Å². The van der Waals surface area contributed by atoms with E-state index in [-0.39, 0.29) is 0 Å². The van der Waals surface area contributed by atoms with Crippen molar-refractivity contribution in [3.63, 3.8) is 0 Å². The molecule has 3 heterocycles. The molecule has 5 heteroatoms. The Morgan fingerprint density at radius 2 is 1.52 bits per heavy atom. The van der Waals surface area contributed by atoms with Gasteiger partial charge in [0.25, 0.3) is 0 Å². The van der Waals surface area contributed by atoms with E-state index >= 15 is 0 Å². The van der Waals surface area contributed by atoms with E-state index in [4.69, 9.17) is 0 Å². The topological polar surface area (TPSA) is 45.2 Å². The monoisotopic (exact) mass is 331 g/mol. The Kier molecular flexibility index (Phi) is 4.39. The lowest BCUT2D eigenvalue weighted by Gasteiger charge is -2.33. The lowest BCUT2D eigenvalue weighted by atomic mass is 10.0. The Hall–Kier alpha value is -2.79. The normalized spacial score (nSPS) is 15.3. The third-order valence-electron chi connectivity index (χ3n) is 4.65. The maximum atomic E-state index is 4.59. The molecule has 0 atom stereocenters. The quantitative estimate of drug-likeness (QED) is 0.738. The zero-order valence-electron chi connectivity index (χ0n) is 14.3. The Morgan fingerprint density at radius 3 is 2.24 bits per heavy atom. The van der Waals surface area contributed by atoms with Gasteiger partial charge in [-0.05, 0) is 30.8 Å². The number of anilines is 1. The third-order valence-corrected chi connectivity index (χ3v) is 4.65. The van der Waals surface area contributed by atoms with Gasteiger partial charge in [-0.15, -0.1) is 10.2 Å². The number of rotatable bonds is 3. The van der Waals surface area contributed by atoms with E-state index in [2.05, 4.69) is 50.2 Å². The summed E-state index contributed by atoms with van der Waals surface area (Å²) in [5.74, 6) is 0.944. The number of aromatic nitrogens is 3. The predicted octanol–water partition coefficient (Wildman–Crippen LogP) is 2.96. The second-order valence-electron chi connectivity index (χ2n) is 6.36. The van der Waals surface area contributed by atoms with Crippen molar-refractivity contribution in [1.82, 2.24) is 20.1 Å². The highest BCUT2D eigenvalue weighted by atomic mass is 15.3. The van der Waals surface area contributed by atoms with Crippen LogP contribution in [0.4, 0.5) is 5.82 Å². The highest BCUT2D eigenvalue weighted by molar-refractivity contribution is 5.81. The van der Waals surface area contributed by atoms with Gasteiger partial charge in [-0.2, -0.15) is 0 Å². The number of likely N-dealkylation sites (N-methyl/N-ethyl adjacent to an activating group) is 1. The average Bonchev–Trinajstić information content (AvgIpc) is 2.69. The SMILES string of the molecule is CN1CCN(c2cc(-c3ccncc3)c(-c3ccccc3)nn2)CC1. The van der Waals surface area contributed by atoms with Crippen molar-refractivity contribution in [3.05, 3.63) is 60.9 Å². The average molecular weight is 331 g/mol. The molecule has 0 saturated carbocycles. The fourth-order valence-electron chi connectivity index (χ4n) is 3.13. The fourth-order valence-corrected chi connectivity index (χ4v) is 3.13. The molecule has 0 radical (unpaired) electrons. The number of benzene rings is 1. The molecule has 0 spiro atoms. The maximum absolute atomic E-state index is 4.59. The molecule has 1 aliphatic heterocycles. The first-order chi connectivity index (χ1) is 12.3. The highest BCUT2D eigenvalue weighted by Crippen LogP contribution is 2.32. The van der Waals surface area contributed by atoms with Gasteiger partial charge in [0.2, 0.25) is 0 Å². The number of nitrogens with zero attached hydrogens (tertiary/aromatic N) is 5. The van der Waals surface area contributed by atoms with Crippen molar-refractivity contribution < 1.29 is 0 Å². The molecule has 0 N–H and O–H groups in total. The molecule has 25 heavy (non-hydrogen) atoms. The van der Waals surface area contributed by atoms with Crippen molar-refractivity contribution in [1.29, 1.82) is 0 Å². The molecule has 0 amide bonds. The highest BCUT2D eigenvalue weighted by Gasteiger charge is 2.18. The van der Waals surface area contributed by atoms with Crippen LogP contribution >= 0.6 is 0 Å². The molecule has 3 aromatic rings. The lowest BCUT2D eigenvalue weighted by molar-refractivity contribution is 0.312. The number of hydrogen-bond donors (Lipinski definition) is 0. The van der Waals surface area contributed by atoms with E-state index in [0.717, 1.165) is 54.4 Å². The zero-order valence-corrected chi connectivity index (χ0v) is 14.3. The maximum Gasteiger partial charge on any atom is 0.151 e. The van der Waals surface area contributed by atoms with E-state index in [9.17, 15) is 0 Å². The summed E-state index contributed by atoms with van der Waals surface area (Å²) >= 11 is 0. The van der Waals surface area contributed by atoms with Crippen molar-refractivity contribution in [2.24, 2.45) is 0 Å². The van der Waals surface area contributed by atoms with Gasteiger partial charge in [0.15, 0.2) is 5.82 Å². The zero-order chi connectivity index (χ0) is 17.1. The summed E-state index contributed by atoms with van der Waals surface area (Å²) in [5.41, 5.74) is 4.19. The third kappa shape index (κ3) is 3.37. The second-order valence-corrected chi connectivity index (χ2v) is 6.36. The molecule has 1 aliphatic rings. The number of piperazine rings is 1. The van der Waals surface area contributed by atoms with Crippen LogP contribution < -0.4 is 4.90 Å². The molecular weight excluding hydrogens is 310 g/mol. The van der Waals surface area contributed by atoms with Crippen LogP contribution in [0.2, 0.25) is 0 Å². The molecular formula is C20H21N5. The minimum Gasteiger partial charge on any atom is -0.353 e. The van der Waals surface area contributed by atoms with Crippen LogP contribution in [0.5, 0.6) is 0 Å². The molecule has 0 bridgehead atoms. The summed E-state index contributed by atoms with van der Waals surface area (Å²) in [6, 6.07) is 16.4. The molecule has 1 aromatic carbocycles.